The van der Waals surface area contributed by atoms with Crippen LogP contribution in [-0.2, 0) is 0 Å². The molecule has 1 amide bonds. The van der Waals surface area contributed by atoms with Crippen LogP contribution in [0, 0.1) is 24.1 Å². The molecule has 24 heavy (non-hydrogen) atoms. The van der Waals surface area contributed by atoms with E-state index in [1.807, 2.05) is 4.90 Å². The van der Waals surface area contributed by atoms with Crippen LogP contribution in [0.1, 0.15) is 27.9 Å². The van der Waals surface area contributed by atoms with Gasteiger partial charge in [0.05, 0.1) is 11.8 Å². The molecule has 124 valence electrons. The third kappa shape index (κ3) is 3.29. The highest BCUT2D eigenvalue weighted by atomic mass is 19.1. The van der Waals surface area contributed by atoms with Gasteiger partial charge < -0.3 is 9.42 Å². The zero-order valence-corrected chi connectivity index (χ0v) is 13.3. The minimum absolute atomic E-state index is 0.189. The van der Waals surface area contributed by atoms with Crippen molar-refractivity contribution >= 4 is 5.91 Å². The first-order chi connectivity index (χ1) is 11.6. The van der Waals surface area contributed by atoms with E-state index < -0.39 is 6.04 Å². The number of benzene rings is 1. The van der Waals surface area contributed by atoms with E-state index in [1.54, 1.807) is 30.0 Å². The van der Waals surface area contributed by atoms with E-state index in [1.165, 1.54) is 12.1 Å². The van der Waals surface area contributed by atoms with Gasteiger partial charge in [-0.3, -0.25) is 9.69 Å². The molecule has 2 aromatic rings. The molecule has 1 aliphatic heterocycles. The average Bonchev–Trinajstić information content (AvgIpc) is 3.04. The Balaban J connectivity index is 1.64. The van der Waals surface area contributed by atoms with Gasteiger partial charge in [0.25, 0.3) is 5.91 Å². The molecule has 0 N–H and O–H groups in total. The van der Waals surface area contributed by atoms with E-state index in [0.717, 1.165) is 5.56 Å². The van der Waals surface area contributed by atoms with Crippen LogP contribution in [-0.4, -0.2) is 47.0 Å². The fourth-order valence-electron chi connectivity index (χ4n) is 2.82. The Morgan fingerprint density at radius 2 is 1.96 bits per heavy atom. The van der Waals surface area contributed by atoms with Gasteiger partial charge in [-0.25, -0.2) is 4.39 Å². The highest BCUT2D eigenvalue weighted by Crippen LogP contribution is 2.22. The van der Waals surface area contributed by atoms with Gasteiger partial charge in [-0.2, -0.15) is 5.26 Å². The summed E-state index contributed by atoms with van der Waals surface area (Å²) in [6.45, 7) is 3.89. The van der Waals surface area contributed by atoms with Crippen LogP contribution in [0.25, 0.3) is 0 Å². The van der Waals surface area contributed by atoms with Crippen LogP contribution in [0.3, 0.4) is 0 Å². The van der Waals surface area contributed by atoms with Crippen molar-refractivity contribution in [3.05, 3.63) is 53.2 Å². The van der Waals surface area contributed by atoms with Gasteiger partial charge >= 0.3 is 0 Å². The molecule has 1 fully saturated rings. The maximum absolute atomic E-state index is 13.0. The lowest BCUT2D eigenvalue weighted by Crippen LogP contribution is -2.49. The largest absolute Gasteiger partial charge is 0.351 e. The maximum atomic E-state index is 13.0. The van der Waals surface area contributed by atoms with Crippen molar-refractivity contribution in [2.24, 2.45) is 0 Å². The predicted molar refractivity (Wildman–Crippen MR) is 83.5 cm³/mol. The quantitative estimate of drug-likeness (QED) is 0.863. The average molecular weight is 328 g/mol. The second kappa shape index (κ2) is 6.81. The number of nitriles is 1. The second-order valence-corrected chi connectivity index (χ2v) is 5.74. The number of hydrogen-bond acceptors (Lipinski definition) is 5. The summed E-state index contributed by atoms with van der Waals surface area (Å²) in [5.41, 5.74) is 1.42. The molecule has 0 unspecified atom stereocenters. The predicted octanol–water partition coefficient (Wildman–Crippen LogP) is 2.14. The Hall–Kier alpha value is -2.72. The van der Waals surface area contributed by atoms with Gasteiger partial charge in [0.2, 0.25) is 5.76 Å². The Kier molecular flexibility index (Phi) is 4.58. The molecule has 0 spiro atoms. The lowest BCUT2D eigenvalue weighted by Gasteiger charge is -2.36. The molecule has 6 nitrogen and oxygen atoms in total. The van der Waals surface area contributed by atoms with Crippen molar-refractivity contribution < 1.29 is 13.7 Å². The van der Waals surface area contributed by atoms with Crippen LogP contribution in [0.2, 0.25) is 0 Å². The molecule has 7 heteroatoms. The van der Waals surface area contributed by atoms with Crippen LogP contribution in [0.4, 0.5) is 4.39 Å². The molecule has 0 aliphatic carbocycles. The number of aromatic nitrogens is 1. The number of piperazine rings is 1. The van der Waals surface area contributed by atoms with Crippen molar-refractivity contribution in [3.8, 4) is 6.07 Å². The molecule has 1 aliphatic rings. The van der Waals surface area contributed by atoms with Crippen molar-refractivity contribution in [1.82, 2.24) is 15.0 Å². The van der Waals surface area contributed by atoms with Gasteiger partial charge in [0.15, 0.2) is 0 Å². The summed E-state index contributed by atoms with van der Waals surface area (Å²) in [4.78, 5) is 16.0. The Labute approximate surface area is 139 Å². The summed E-state index contributed by atoms with van der Waals surface area (Å²) in [5, 5.41) is 13.2. The molecule has 0 bridgehead atoms. The van der Waals surface area contributed by atoms with Crippen LogP contribution in [0.5, 0.6) is 0 Å². The normalized spacial score (nSPS) is 16.6. The summed E-state index contributed by atoms with van der Waals surface area (Å²) < 4.78 is 18.1. The monoisotopic (exact) mass is 328 g/mol. The SMILES string of the molecule is Cc1cc(C(=O)N2CCN([C@@H](C#N)c3ccc(F)cc3)CC2)on1. The zero-order valence-electron chi connectivity index (χ0n) is 13.3. The van der Waals surface area contributed by atoms with Crippen LogP contribution < -0.4 is 0 Å². The van der Waals surface area contributed by atoms with Gasteiger partial charge in [-0.05, 0) is 24.6 Å². The minimum Gasteiger partial charge on any atom is -0.351 e. The number of aryl methyl sites for hydroxylation is 1. The molecular weight excluding hydrogens is 311 g/mol. The fourth-order valence-corrected chi connectivity index (χ4v) is 2.82. The third-order valence-corrected chi connectivity index (χ3v) is 4.11. The number of halogens is 1. The van der Waals surface area contributed by atoms with Gasteiger partial charge in [0, 0.05) is 32.2 Å². The number of nitrogens with zero attached hydrogens (tertiary/aromatic N) is 4. The summed E-state index contributed by atoms with van der Waals surface area (Å²) in [5.74, 6) is -0.282. The molecule has 0 saturated carbocycles. The standard InChI is InChI=1S/C17H17FN4O2/c1-12-10-16(24-20-12)17(23)22-8-6-21(7-9-22)15(11-19)13-2-4-14(18)5-3-13/h2-5,10,15H,6-9H2,1H3/t15-/m0/s1. The molecule has 1 aromatic heterocycles. The zero-order chi connectivity index (χ0) is 17.1. The smallest absolute Gasteiger partial charge is 0.292 e. The molecule has 0 radical (unpaired) electrons. The number of amides is 1. The van der Waals surface area contributed by atoms with Gasteiger partial charge in [0.1, 0.15) is 11.9 Å². The topological polar surface area (TPSA) is 73.4 Å². The van der Waals surface area contributed by atoms with Gasteiger partial charge in [-0.15, -0.1) is 0 Å². The summed E-state index contributed by atoms with van der Waals surface area (Å²) in [6.07, 6.45) is 0. The Morgan fingerprint density at radius 1 is 1.29 bits per heavy atom. The lowest BCUT2D eigenvalue weighted by molar-refractivity contribution is 0.0567. The molecule has 3 rings (SSSR count). The third-order valence-electron chi connectivity index (χ3n) is 4.11. The van der Waals surface area contributed by atoms with E-state index >= 15 is 0 Å². The van der Waals surface area contributed by atoms with Gasteiger partial charge in [-0.1, -0.05) is 17.3 Å². The maximum Gasteiger partial charge on any atom is 0.292 e. The number of hydrogen-bond donors (Lipinski definition) is 0. The first kappa shape index (κ1) is 16.1. The second-order valence-electron chi connectivity index (χ2n) is 5.74. The highest BCUT2D eigenvalue weighted by Gasteiger charge is 2.28. The first-order valence-corrected chi connectivity index (χ1v) is 7.70. The lowest BCUT2D eigenvalue weighted by atomic mass is 10.1. The van der Waals surface area contributed by atoms with Crippen LogP contribution in [0.15, 0.2) is 34.9 Å². The molecule has 2 heterocycles. The number of carbonyl (C=O) groups excluding carboxylic acids is 1. The van der Waals surface area contributed by atoms with Crippen molar-refractivity contribution in [2.45, 2.75) is 13.0 Å². The van der Waals surface area contributed by atoms with Crippen molar-refractivity contribution in [1.29, 1.82) is 5.26 Å². The van der Waals surface area contributed by atoms with E-state index in [0.29, 0.717) is 31.9 Å². The Morgan fingerprint density at radius 3 is 2.50 bits per heavy atom. The Bertz CT molecular complexity index is 758. The van der Waals surface area contributed by atoms with Crippen molar-refractivity contribution in [3.63, 3.8) is 0 Å². The molecule has 1 saturated heterocycles. The highest BCUT2D eigenvalue weighted by molar-refractivity contribution is 5.91. The summed E-state index contributed by atoms with van der Waals surface area (Å²) in [7, 11) is 0. The summed E-state index contributed by atoms with van der Waals surface area (Å²) in [6, 6.07) is 9.38. The van der Waals surface area contributed by atoms with E-state index in [-0.39, 0.29) is 17.5 Å². The van der Waals surface area contributed by atoms with Crippen molar-refractivity contribution in [2.75, 3.05) is 26.2 Å². The molecular formula is C17H17FN4O2. The number of carbonyl (C=O) groups is 1. The minimum atomic E-state index is -0.449. The van der Waals surface area contributed by atoms with Crippen LogP contribution >= 0.6 is 0 Å². The molecule has 1 atom stereocenters. The first-order valence-electron chi connectivity index (χ1n) is 7.70. The molecule has 1 aromatic carbocycles. The fraction of sp³-hybridized carbons (Fsp3) is 0.353. The van der Waals surface area contributed by atoms with E-state index in [4.69, 9.17) is 4.52 Å². The van der Waals surface area contributed by atoms with E-state index in [9.17, 15) is 14.4 Å². The number of rotatable bonds is 3. The van der Waals surface area contributed by atoms with E-state index in [2.05, 4.69) is 11.2 Å². The summed E-state index contributed by atoms with van der Waals surface area (Å²) >= 11 is 0.